The van der Waals surface area contributed by atoms with Gasteiger partial charge in [-0.15, -0.1) is 0 Å². The zero-order chi connectivity index (χ0) is 21.9. The van der Waals surface area contributed by atoms with Crippen LogP contribution in [0.2, 0.25) is 0 Å². The SMILES string of the molecule is Cc1cc(-c2cccc3c2ncn3C)nc2c(C(=O)NC(C3CC3)C(F)(F)F)cnn12. The Bertz CT molecular complexity index is 1320. The van der Waals surface area contributed by atoms with Crippen LogP contribution in [0.25, 0.3) is 27.9 Å². The van der Waals surface area contributed by atoms with Crippen molar-refractivity contribution < 1.29 is 18.0 Å². The van der Waals surface area contributed by atoms with Crippen molar-refractivity contribution >= 4 is 22.6 Å². The molecule has 31 heavy (non-hydrogen) atoms. The number of aromatic nitrogens is 5. The van der Waals surface area contributed by atoms with Gasteiger partial charge in [0.25, 0.3) is 5.91 Å². The van der Waals surface area contributed by atoms with Crippen LogP contribution in [0.1, 0.15) is 28.9 Å². The van der Waals surface area contributed by atoms with Gasteiger partial charge in [0.1, 0.15) is 11.6 Å². The van der Waals surface area contributed by atoms with E-state index in [0.717, 1.165) is 16.6 Å². The molecule has 7 nitrogen and oxygen atoms in total. The molecule has 1 amide bonds. The van der Waals surface area contributed by atoms with E-state index in [4.69, 9.17) is 0 Å². The topological polar surface area (TPSA) is 77.1 Å². The van der Waals surface area contributed by atoms with Crippen LogP contribution in [0.5, 0.6) is 0 Å². The second-order valence-corrected chi connectivity index (χ2v) is 7.94. The molecule has 1 N–H and O–H groups in total. The molecular weight excluding hydrogens is 409 g/mol. The molecule has 0 saturated heterocycles. The van der Waals surface area contributed by atoms with E-state index in [1.54, 1.807) is 13.3 Å². The molecule has 3 aromatic heterocycles. The highest BCUT2D eigenvalue weighted by Gasteiger charge is 2.49. The van der Waals surface area contributed by atoms with Crippen molar-refractivity contribution in [3.05, 3.63) is 48.0 Å². The van der Waals surface area contributed by atoms with E-state index in [9.17, 15) is 18.0 Å². The van der Waals surface area contributed by atoms with E-state index in [1.807, 2.05) is 35.9 Å². The lowest BCUT2D eigenvalue weighted by Crippen LogP contribution is -2.46. The second kappa shape index (κ2) is 6.79. The summed E-state index contributed by atoms with van der Waals surface area (Å²) in [5.74, 6) is -1.40. The first-order chi connectivity index (χ1) is 14.7. The van der Waals surface area contributed by atoms with Gasteiger partial charge in [-0.2, -0.15) is 18.3 Å². The largest absolute Gasteiger partial charge is 0.408 e. The van der Waals surface area contributed by atoms with Crippen molar-refractivity contribution in [3.63, 3.8) is 0 Å². The first-order valence-corrected chi connectivity index (χ1v) is 9.87. The Balaban J connectivity index is 1.58. The number of nitrogens with zero attached hydrogens (tertiary/aromatic N) is 5. The Kier molecular flexibility index (Phi) is 4.28. The molecular formula is C21H19F3N6O. The lowest BCUT2D eigenvalue weighted by molar-refractivity contribution is -0.158. The van der Waals surface area contributed by atoms with Crippen LogP contribution in [-0.2, 0) is 7.05 Å². The van der Waals surface area contributed by atoms with Gasteiger partial charge in [-0.3, -0.25) is 4.79 Å². The van der Waals surface area contributed by atoms with Crippen molar-refractivity contribution in [3.8, 4) is 11.3 Å². The fourth-order valence-corrected chi connectivity index (χ4v) is 3.89. The Morgan fingerprint density at radius 2 is 2.06 bits per heavy atom. The van der Waals surface area contributed by atoms with Crippen LogP contribution in [0, 0.1) is 12.8 Å². The number of alkyl halides is 3. The number of amides is 1. The molecule has 3 heterocycles. The van der Waals surface area contributed by atoms with Crippen LogP contribution in [-0.4, -0.2) is 42.3 Å². The van der Waals surface area contributed by atoms with Crippen LogP contribution >= 0.6 is 0 Å². The summed E-state index contributed by atoms with van der Waals surface area (Å²) in [7, 11) is 1.89. The van der Waals surface area contributed by atoms with Gasteiger partial charge in [0.2, 0.25) is 0 Å². The van der Waals surface area contributed by atoms with E-state index in [2.05, 4.69) is 20.4 Å². The molecule has 160 valence electrons. The zero-order valence-corrected chi connectivity index (χ0v) is 16.8. The number of carbonyl (C=O) groups is 1. The molecule has 1 aromatic carbocycles. The van der Waals surface area contributed by atoms with Gasteiger partial charge in [0.05, 0.1) is 29.3 Å². The van der Waals surface area contributed by atoms with Crippen molar-refractivity contribution in [1.82, 2.24) is 29.5 Å². The number of rotatable bonds is 4. The van der Waals surface area contributed by atoms with Crippen LogP contribution < -0.4 is 5.32 Å². The van der Waals surface area contributed by atoms with Crippen molar-refractivity contribution in [2.45, 2.75) is 32.0 Å². The number of hydrogen-bond acceptors (Lipinski definition) is 4. The maximum atomic E-state index is 13.4. The summed E-state index contributed by atoms with van der Waals surface area (Å²) in [4.78, 5) is 21.8. The fraction of sp³-hybridized carbons (Fsp3) is 0.333. The smallest absolute Gasteiger partial charge is 0.340 e. The van der Waals surface area contributed by atoms with Crippen LogP contribution in [0.4, 0.5) is 13.2 Å². The zero-order valence-electron chi connectivity index (χ0n) is 16.8. The van der Waals surface area contributed by atoms with E-state index < -0.39 is 24.0 Å². The highest BCUT2D eigenvalue weighted by atomic mass is 19.4. The fourth-order valence-electron chi connectivity index (χ4n) is 3.89. The van der Waals surface area contributed by atoms with Crippen LogP contribution in [0.15, 0.2) is 36.8 Å². The molecule has 5 rings (SSSR count). The normalized spacial score (nSPS) is 15.5. The van der Waals surface area contributed by atoms with Gasteiger partial charge in [0, 0.05) is 18.3 Å². The maximum absolute atomic E-state index is 13.4. The Morgan fingerprint density at radius 1 is 1.29 bits per heavy atom. The standard InChI is InChI=1S/C21H19F3N6O/c1-11-8-15(13-4-3-5-16-17(13)25-10-29(16)2)27-19-14(9-26-30(11)19)20(31)28-18(12-6-7-12)21(22,23)24/h3-5,8-10,12,18H,6-7H2,1-2H3,(H,28,31). The minimum Gasteiger partial charge on any atom is -0.340 e. The average Bonchev–Trinajstić information content (AvgIpc) is 3.34. The summed E-state index contributed by atoms with van der Waals surface area (Å²) < 4.78 is 43.4. The summed E-state index contributed by atoms with van der Waals surface area (Å²) in [5, 5.41) is 6.31. The number of benzene rings is 1. The quantitative estimate of drug-likeness (QED) is 0.538. The third-order valence-corrected chi connectivity index (χ3v) is 5.66. The molecule has 0 aliphatic heterocycles. The van der Waals surface area contributed by atoms with Gasteiger partial charge in [0.15, 0.2) is 5.65 Å². The Hall–Kier alpha value is -3.43. The molecule has 1 aliphatic carbocycles. The van der Waals surface area contributed by atoms with E-state index in [1.165, 1.54) is 10.7 Å². The molecule has 4 aromatic rings. The number of imidazole rings is 1. The number of aryl methyl sites for hydroxylation is 2. The lowest BCUT2D eigenvalue weighted by Gasteiger charge is -2.20. The predicted molar refractivity (Wildman–Crippen MR) is 107 cm³/mol. The summed E-state index contributed by atoms with van der Waals surface area (Å²) >= 11 is 0. The summed E-state index contributed by atoms with van der Waals surface area (Å²) in [6, 6.07) is 5.64. The van der Waals surface area contributed by atoms with Gasteiger partial charge >= 0.3 is 6.18 Å². The van der Waals surface area contributed by atoms with Gasteiger partial charge < -0.3 is 9.88 Å². The van der Waals surface area contributed by atoms with Crippen molar-refractivity contribution in [1.29, 1.82) is 0 Å². The highest BCUT2D eigenvalue weighted by Crippen LogP contribution is 2.40. The van der Waals surface area contributed by atoms with E-state index in [-0.39, 0.29) is 11.2 Å². The van der Waals surface area contributed by atoms with Gasteiger partial charge in [-0.25, -0.2) is 14.5 Å². The molecule has 10 heteroatoms. The highest BCUT2D eigenvalue weighted by molar-refractivity contribution is 6.00. The molecule has 0 radical (unpaired) electrons. The number of nitrogens with one attached hydrogen (secondary N) is 1. The molecule has 0 spiro atoms. The summed E-state index contributed by atoms with van der Waals surface area (Å²) in [5.41, 5.74) is 3.91. The molecule has 1 fully saturated rings. The van der Waals surface area contributed by atoms with Gasteiger partial charge in [-0.1, -0.05) is 12.1 Å². The minimum absolute atomic E-state index is 0.00745. The van der Waals surface area contributed by atoms with Crippen LogP contribution in [0.3, 0.4) is 0 Å². The molecule has 1 atom stereocenters. The number of halogens is 3. The molecule has 1 saturated carbocycles. The maximum Gasteiger partial charge on any atom is 0.408 e. The summed E-state index contributed by atoms with van der Waals surface area (Å²) in [6.07, 6.45) is -0.630. The number of hydrogen-bond donors (Lipinski definition) is 1. The minimum atomic E-state index is -4.50. The number of carbonyl (C=O) groups excluding carboxylic acids is 1. The third kappa shape index (κ3) is 3.31. The number of para-hydroxylation sites is 1. The van der Waals surface area contributed by atoms with E-state index in [0.29, 0.717) is 24.2 Å². The summed E-state index contributed by atoms with van der Waals surface area (Å²) in [6.45, 7) is 1.80. The molecule has 1 unspecified atom stereocenters. The Morgan fingerprint density at radius 3 is 2.77 bits per heavy atom. The first-order valence-electron chi connectivity index (χ1n) is 9.87. The predicted octanol–water partition coefficient (Wildman–Crippen LogP) is 3.66. The molecule has 1 aliphatic rings. The monoisotopic (exact) mass is 428 g/mol. The van der Waals surface area contributed by atoms with E-state index >= 15 is 0 Å². The lowest BCUT2D eigenvalue weighted by atomic mass is 10.1. The van der Waals surface area contributed by atoms with Crippen molar-refractivity contribution in [2.24, 2.45) is 13.0 Å². The number of fused-ring (bicyclic) bond motifs is 2. The average molecular weight is 428 g/mol. The third-order valence-electron chi connectivity index (χ3n) is 5.66. The van der Waals surface area contributed by atoms with Crippen molar-refractivity contribution in [2.75, 3.05) is 0 Å². The Labute approximate surface area is 174 Å². The van der Waals surface area contributed by atoms with Gasteiger partial charge in [-0.05, 0) is 37.8 Å². The molecule has 0 bridgehead atoms. The second-order valence-electron chi connectivity index (χ2n) is 7.94. The first kappa shape index (κ1) is 19.5.